The Labute approximate surface area is 101 Å². The number of nitriles is 1. The van der Waals surface area contributed by atoms with Crippen molar-refractivity contribution in [3.63, 3.8) is 0 Å². The summed E-state index contributed by atoms with van der Waals surface area (Å²) in [7, 11) is 0. The summed E-state index contributed by atoms with van der Waals surface area (Å²) in [6.07, 6.45) is 2.50. The van der Waals surface area contributed by atoms with Crippen molar-refractivity contribution in [2.24, 2.45) is 0 Å². The van der Waals surface area contributed by atoms with E-state index in [9.17, 15) is 0 Å². The normalized spacial score (nSPS) is 20.1. The van der Waals surface area contributed by atoms with Gasteiger partial charge in [0.05, 0.1) is 5.56 Å². The van der Waals surface area contributed by atoms with Gasteiger partial charge in [0.1, 0.15) is 11.9 Å². The molecule has 0 unspecified atom stereocenters. The van der Waals surface area contributed by atoms with Crippen molar-refractivity contribution in [3.05, 3.63) is 23.4 Å². The van der Waals surface area contributed by atoms with Gasteiger partial charge >= 0.3 is 0 Å². The Morgan fingerprint density at radius 2 is 2.06 bits per heavy atom. The zero-order valence-electron chi connectivity index (χ0n) is 9.82. The van der Waals surface area contributed by atoms with Crippen LogP contribution in [0, 0.1) is 11.3 Å². The van der Waals surface area contributed by atoms with E-state index in [1.165, 1.54) is 12.8 Å². The largest absolute Gasteiger partial charge is 0.353 e. The highest BCUT2D eigenvalue weighted by molar-refractivity contribution is 5.55. The zero-order chi connectivity index (χ0) is 11.7. The van der Waals surface area contributed by atoms with Crippen LogP contribution in [0.2, 0.25) is 0 Å². The van der Waals surface area contributed by atoms with E-state index in [2.05, 4.69) is 16.3 Å². The first-order valence-electron chi connectivity index (χ1n) is 6.25. The number of rotatable bonds is 2. The van der Waals surface area contributed by atoms with Crippen molar-refractivity contribution in [2.45, 2.75) is 18.8 Å². The summed E-state index contributed by atoms with van der Waals surface area (Å²) in [6, 6.07) is 6.20. The second-order valence-electron chi connectivity index (χ2n) is 4.73. The molecule has 4 heteroatoms. The van der Waals surface area contributed by atoms with Crippen LogP contribution in [0.4, 0.5) is 5.82 Å². The molecule has 1 aromatic heterocycles. The summed E-state index contributed by atoms with van der Waals surface area (Å²) in [4.78, 5) is 6.93. The monoisotopic (exact) mass is 228 g/mol. The second-order valence-corrected chi connectivity index (χ2v) is 4.73. The van der Waals surface area contributed by atoms with Gasteiger partial charge in [0.2, 0.25) is 0 Å². The van der Waals surface area contributed by atoms with E-state index in [0.717, 1.165) is 37.7 Å². The summed E-state index contributed by atoms with van der Waals surface area (Å²) in [5.74, 6) is 1.53. The van der Waals surface area contributed by atoms with Crippen LogP contribution >= 0.6 is 0 Å². The fraction of sp³-hybridized carbons (Fsp3) is 0.538. The first-order valence-corrected chi connectivity index (χ1v) is 6.25. The predicted molar refractivity (Wildman–Crippen MR) is 66.0 cm³/mol. The molecule has 0 amide bonds. The van der Waals surface area contributed by atoms with Crippen molar-refractivity contribution in [3.8, 4) is 6.07 Å². The maximum atomic E-state index is 9.16. The molecule has 1 aliphatic carbocycles. The van der Waals surface area contributed by atoms with Crippen molar-refractivity contribution < 1.29 is 0 Å². The van der Waals surface area contributed by atoms with Gasteiger partial charge in [-0.05, 0) is 25.0 Å². The third-order valence-electron chi connectivity index (χ3n) is 3.43. The molecule has 0 bridgehead atoms. The van der Waals surface area contributed by atoms with Crippen LogP contribution in [-0.2, 0) is 0 Å². The molecule has 1 saturated heterocycles. The molecule has 0 spiro atoms. The lowest BCUT2D eigenvalue weighted by atomic mass is 10.2. The van der Waals surface area contributed by atoms with Crippen LogP contribution in [0.25, 0.3) is 0 Å². The van der Waals surface area contributed by atoms with Crippen LogP contribution in [-0.4, -0.2) is 31.2 Å². The lowest BCUT2D eigenvalue weighted by Crippen LogP contribution is -2.44. The van der Waals surface area contributed by atoms with Crippen LogP contribution in [0.3, 0.4) is 0 Å². The predicted octanol–water partition coefficient (Wildman–Crippen LogP) is 1.24. The number of nitrogens with one attached hydrogen (secondary N) is 1. The third-order valence-corrected chi connectivity index (χ3v) is 3.43. The Bertz CT molecular complexity index is 453. The molecule has 1 N–H and O–H groups in total. The number of nitrogens with zero attached hydrogens (tertiary/aromatic N) is 3. The van der Waals surface area contributed by atoms with Gasteiger partial charge in [-0.3, -0.25) is 0 Å². The van der Waals surface area contributed by atoms with Crippen LogP contribution < -0.4 is 10.2 Å². The number of pyridine rings is 1. The minimum absolute atomic E-state index is 0.643. The molecule has 0 aromatic carbocycles. The molecule has 1 saturated carbocycles. The van der Waals surface area contributed by atoms with E-state index >= 15 is 0 Å². The topological polar surface area (TPSA) is 52.0 Å². The van der Waals surface area contributed by atoms with Gasteiger partial charge in [-0.1, -0.05) is 0 Å². The van der Waals surface area contributed by atoms with Crippen LogP contribution in [0.5, 0.6) is 0 Å². The van der Waals surface area contributed by atoms with Crippen molar-refractivity contribution in [1.29, 1.82) is 5.26 Å². The zero-order valence-corrected chi connectivity index (χ0v) is 9.82. The number of anilines is 1. The number of hydrogen-bond donors (Lipinski definition) is 1. The molecule has 2 aliphatic rings. The first kappa shape index (κ1) is 10.5. The van der Waals surface area contributed by atoms with Crippen LogP contribution in [0.15, 0.2) is 12.1 Å². The average Bonchev–Trinajstić information content (AvgIpc) is 3.23. The summed E-state index contributed by atoms with van der Waals surface area (Å²) < 4.78 is 0. The van der Waals surface area contributed by atoms with Crippen LogP contribution in [0.1, 0.15) is 30.0 Å². The van der Waals surface area contributed by atoms with Crippen molar-refractivity contribution in [1.82, 2.24) is 10.3 Å². The Balaban J connectivity index is 1.93. The standard InChI is InChI=1S/C13H16N4/c14-9-11-3-4-12(10-1-2-10)16-13(11)17-7-5-15-6-8-17/h3-4,10,15H,1-2,5-8H2. The summed E-state index contributed by atoms with van der Waals surface area (Å²) in [5, 5.41) is 12.5. The lowest BCUT2D eigenvalue weighted by molar-refractivity contribution is 0.584. The van der Waals surface area contributed by atoms with Gasteiger partial charge in [0.15, 0.2) is 0 Å². The quantitative estimate of drug-likeness (QED) is 0.827. The maximum Gasteiger partial charge on any atom is 0.146 e. The average molecular weight is 228 g/mol. The fourth-order valence-electron chi connectivity index (χ4n) is 2.27. The number of piperazine rings is 1. The highest BCUT2D eigenvalue weighted by Gasteiger charge is 2.26. The Morgan fingerprint density at radius 3 is 2.71 bits per heavy atom. The third kappa shape index (κ3) is 2.11. The van der Waals surface area contributed by atoms with E-state index < -0.39 is 0 Å². The molecule has 3 rings (SSSR count). The Hall–Kier alpha value is -1.60. The van der Waals surface area contributed by atoms with E-state index in [4.69, 9.17) is 10.2 Å². The fourth-order valence-corrected chi connectivity index (χ4v) is 2.27. The molecule has 17 heavy (non-hydrogen) atoms. The first-order chi connectivity index (χ1) is 8.38. The van der Waals surface area contributed by atoms with E-state index in [0.29, 0.717) is 11.5 Å². The molecule has 1 aromatic rings. The SMILES string of the molecule is N#Cc1ccc(C2CC2)nc1N1CCNCC1. The van der Waals surface area contributed by atoms with E-state index in [1.807, 2.05) is 12.1 Å². The molecule has 4 nitrogen and oxygen atoms in total. The maximum absolute atomic E-state index is 9.16. The molecule has 1 aliphatic heterocycles. The molecule has 2 fully saturated rings. The molecule has 2 heterocycles. The molecular formula is C13H16N4. The second kappa shape index (κ2) is 4.34. The van der Waals surface area contributed by atoms with Gasteiger partial charge in [-0.25, -0.2) is 4.98 Å². The van der Waals surface area contributed by atoms with Gasteiger partial charge in [0, 0.05) is 37.8 Å². The highest BCUT2D eigenvalue weighted by Crippen LogP contribution is 2.39. The number of aromatic nitrogens is 1. The number of hydrogen-bond acceptors (Lipinski definition) is 4. The van der Waals surface area contributed by atoms with Gasteiger partial charge in [-0.15, -0.1) is 0 Å². The molecular weight excluding hydrogens is 212 g/mol. The van der Waals surface area contributed by atoms with E-state index in [1.54, 1.807) is 0 Å². The lowest BCUT2D eigenvalue weighted by Gasteiger charge is -2.29. The van der Waals surface area contributed by atoms with E-state index in [-0.39, 0.29) is 0 Å². The van der Waals surface area contributed by atoms with Crippen molar-refractivity contribution in [2.75, 3.05) is 31.1 Å². The minimum atomic E-state index is 0.643. The highest BCUT2D eigenvalue weighted by atomic mass is 15.2. The van der Waals surface area contributed by atoms with Gasteiger partial charge < -0.3 is 10.2 Å². The summed E-state index contributed by atoms with van der Waals surface area (Å²) in [6.45, 7) is 3.83. The van der Waals surface area contributed by atoms with Gasteiger partial charge in [0.25, 0.3) is 0 Å². The Morgan fingerprint density at radius 1 is 1.29 bits per heavy atom. The molecule has 0 atom stereocenters. The summed E-state index contributed by atoms with van der Waals surface area (Å²) in [5.41, 5.74) is 1.87. The summed E-state index contributed by atoms with van der Waals surface area (Å²) >= 11 is 0. The molecule has 88 valence electrons. The Kier molecular flexibility index (Phi) is 2.69. The minimum Gasteiger partial charge on any atom is -0.353 e. The smallest absolute Gasteiger partial charge is 0.146 e. The van der Waals surface area contributed by atoms with Crippen molar-refractivity contribution >= 4 is 5.82 Å². The van der Waals surface area contributed by atoms with Gasteiger partial charge in [-0.2, -0.15) is 5.26 Å². The molecule has 0 radical (unpaired) electrons.